The predicted molar refractivity (Wildman–Crippen MR) is 161 cm³/mol. The Kier molecular flexibility index (Phi) is 13.4. The van der Waals surface area contributed by atoms with Gasteiger partial charge in [0.25, 0.3) is 0 Å². The van der Waals surface area contributed by atoms with Gasteiger partial charge in [0.1, 0.15) is 11.2 Å². The van der Waals surface area contributed by atoms with E-state index in [-0.39, 0.29) is 58.9 Å². The largest absolute Gasteiger partial charge is 0.444 e. The number of aromatic nitrogens is 6. The number of nitrogen functional groups attached to an aromatic ring is 2. The number of carbonyl (C=O) groups excluding carboxylic acids is 2. The fourth-order valence-corrected chi connectivity index (χ4v) is 3.20. The van der Waals surface area contributed by atoms with Crippen LogP contribution in [0.4, 0.5) is 27.2 Å². The summed E-state index contributed by atoms with van der Waals surface area (Å²) in [6, 6.07) is 0.183. The van der Waals surface area contributed by atoms with Gasteiger partial charge in [-0.25, -0.2) is 9.59 Å². The van der Waals surface area contributed by atoms with Crippen LogP contribution in [0, 0.1) is 0 Å². The van der Waals surface area contributed by atoms with E-state index in [9.17, 15) is 9.59 Å². The molecule has 0 aliphatic carbocycles. The highest BCUT2D eigenvalue weighted by molar-refractivity contribution is 6.32. The molecule has 2 aliphatic heterocycles. The standard InChI is InChI=1S/C11H17ClN6O2.C8H16N2O2.C3H2Cl2N4.CH4/c1-11(2,3)20-10(19)18-4-6(5-18)14-9-15-8(13)7(12)16-17-9;1-8(2,3)12-7(11)10-4-6(9)5-10;4-1-2(6)7-3(5)9-8-1;/h6H,4-5H2,1-3H3,(H3,13,14,15,17);6H,4-5,9H2,1-3H3;(H2,6,7,9);1H4. The zero-order valence-electron chi connectivity index (χ0n) is 23.6. The van der Waals surface area contributed by atoms with Crippen molar-refractivity contribution >= 4 is 64.6 Å². The molecule has 236 valence electrons. The van der Waals surface area contributed by atoms with Gasteiger partial charge in [0.15, 0.2) is 21.9 Å². The first kappa shape index (κ1) is 36.8. The van der Waals surface area contributed by atoms with Gasteiger partial charge in [0.2, 0.25) is 11.2 Å². The lowest BCUT2D eigenvalue weighted by Crippen LogP contribution is -2.58. The van der Waals surface area contributed by atoms with Crippen molar-refractivity contribution in [2.24, 2.45) is 5.73 Å². The number of likely N-dealkylation sites (tertiary alicyclic amines) is 2. The lowest BCUT2D eigenvalue weighted by atomic mass is 10.1. The van der Waals surface area contributed by atoms with E-state index in [0.717, 1.165) is 0 Å². The number of amides is 2. The average Bonchev–Trinajstić information content (AvgIpc) is 2.77. The van der Waals surface area contributed by atoms with Gasteiger partial charge in [-0.1, -0.05) is 30.6 Å². The molecule has 0 unspecified atom stereocenters. The van der Waals surface area contributed by atoms with Crippen molar-refractivity contribution < 1.29 is 19.1 Å². The van der Waals surface area contributed by atoms with E-state index in [1.807, 2.05) is 41.5 Å². The summed E-state index contributed by atoms with van der Waals surface area (Å²) in [5, 5.41) is 17.3. The Morgan fingerprint density at radius 3 is 1.60 bits per heavy atom. The van der Waals surface area contributed by atoms with Crippen LogP contribution in [0.2, 0.25) is 15.6 Å². The van der Waals surface area contributed by atoms with Crippen molar-refractivity contribution in [1.29, 1.82) is 0 Å². The number of nitrogens with one attached hydrogen (secondary N) is 1. The quantitative estimate of drug-likeness (QED) is 0.365. The van der Waals surface area contributed by atoms with Gasteiger partial charge in [-0.2, -0.15) is 9.97 Å². The molecule has 0 spiro atoms. The minimum atomic E-state index is -0.493. The zero-order chi connectivity index (χ0) is 31.1. The summed E-state index contributed by atoms with van der Waals surface area (Å²) in [7, 11) is 0. The number of carbonyl (C=O) groups is 2. The van der Waals surface area contributed by atoms with Crippen LogP contribution < -0.4 is 22.5 Å². The van der Waals surface area contributed by atoms with Crippen molar-refractivity contribution in [3.63, 3.8) is 0 Å². The monoisotopic (exact) mass is 652 g/mol. The third-order valence-corrected chi connectivity index (χ3v) is 5.44. The van der Waals surface area contributed by atoms with Crippen LogP contribution >= 0.6 is 34.8 Å². The van der Waals surface area contributed by atoms with Crippen molar-refractivity contribution in [2.75, 3.05) is 43.0 Å². The number of nitrogens with two attached hydrogens (primary N) is 3. The highest BCUT2D eigenvalue weighted by atomic mass is 35.5. The summed E-state index contributed by atoms with van der Waals surface area (Å²) in [6.07, 6.45) is -0.589. The maximum absolute atomic E-state index is 11.7. The number of rotatable bonds is 2. The molecule has 2 amide bonds. The Hall–Kier alpha value is -3.21. The summed E-state index contributed by atoms with van der Waals surface area (Å²) in [6.45, 7) is 13.3. The first-order valence-corrected chi connectivity index (χ1v) is 13.4. The first-order valence-electron chi connectivity index (χ1n) is 12.3. The van der Waals surface area contributed by atoms with Gasteiger partial charge < -0.3 is 41.8 Å². The van der Waals surface area contributed by atoms with Crippen molar-refractivity contribution in [1.82, 2.24) is 40.2 Å². The molecule has 0 saturated carbocycles. The summed E-state index contributed by atoms with van der Waals surface area (Å²) in [5.41, 5.74) is 15.3. The number of hydrogen-bond acceptors (Lipinski definition) is 14. The SMILES string of the molecule is C.CC(C)(C)OC(=O)N1CC(N)C1.CC(C)(C)OC(=O)N1CC(Nc2nnc(Cl)c(N)n2)C1.Nc1nc(Cl)nnc1Cl. The molecule has 42 heavy (non-hydrogen) atoms. The first-order chi connectivity index (χ1) is 18.8. The Morgan fingerprint density at radius 2 is 1.21 bits per heavy atom. The van der Waals surface area contributed by atoms with Crippen molar-refractivity contribution in [3.05, 3.63) is 15.6 Å². The van der Waals surface area contributed by atoms with E-state index in [0.29, 0.717) is 32.1 Å². The van der Waals surface area contributed by atoms with Gasteiger partial charge in [-0.3, -0.25) is 0 Å². The van der Waals surface area contributed by atoms with Crippen LogP contribution in [0.3, 0.4) is 0 Å². The van der Waals surface area contributed by atoms with E-state index in [1.165, 1.54) is 0 Å². The normalized spacial score (nSPS) is 14.9. The second kappa shape index (κ2) is 15.3. The average molecular weight is 654 g/mol. The van der Waals surface area contributed by atoms with Crippen LogP contribution in [-0.2, 0) is 9.47 Å². The second-order valence-electron chi connectivity index (χ2n) is 10.9. The highest BCUT2D eigenvalue weighted by Crippen LogP contribution is 2.19. The summed E-state index contributed by atoms with van der Waals surface area (Å²) in [5.74, 6) is 0.505. The van der Waals surface area contributed by atoms with Gasteiger partial charge >= 0.3 is 12.2 Å². The maximum atomic E-state index is 11.7. The molecule has 19 heteroatoms. The van der Waals surface area contributed by atoms with Crippen molar-refractivity contribution in [3.8, 4) is 0 Å². The molecule has 16 nitrogen and oxygen atoms in total. The van der Waals surface area contributed by atoms with Gasteiger partial charge in [-0.15, -0.1) is 20.4 Å². The molecule has 2 aliphatic rings. The van der Waals surface area contributed by atoms with Crippen molar-refractivity contribution in [2.45, 2.75) is 72.3 Å². The van der Waals surface area contributed by atoms with E-state index in [1.54, 1.807) is 9.80 Å². The van der Waals surface area contributed by atoms with Crippen LogP contribution in [0.5, 0.6) is 0 Å². The fourth-order valence-electron chi connectivity index (χ4n) is 2.91. The van der Waals surface area contributed by atoms with Crippen LogP contribution in [0.1, 0.15) is 49.0 Å². The minimum Gasteiger partial charge on any atom is -0.444 e. The third kappa shape index (κ3) is 12.8. The number of nitrogens with zero attached hydrogens (tertiary/aromatic N) is 8. The van der Waals surface area contributed by atoms with E-state index >= 15 is 0 Å². The summed E-state index contributed by atoms with van der Waals surface area (Å²) >= 11 is 16.3. The number of hydrogen-bond donors (Lipinski definition) is 4. The zero-order valence-corrected chi connectivity index (χ0v) is 25.8. The molecule has 7 N–H and O–H groups in total. The van der Waals surface area contributed by atoms with E-state index in [4.69, 9.17) is 61.5 Å². The van der Waals surface area contributed by atoms with Gasteiger partial charge in [-0.05, 0) is 53.1 Å². The highest BCUT2D eigenvalue weighted by Gasteiger charge is 2.34. The molecule has 2 saturated heterocycles. The van der Waals surface area contributed by atoms with Gasteiger partial charge in [0, 0.05) is 32.2 Å². The van der Waals surface area contributed by atoms with Crippen LogP contribution in [0.25, 0.3) is 0 Å². The molecule has 0 atom stereocenters. The smallest absolute Gasteiger partial charge is 0.410 e. The third-order valence-electron chi connectivity index (χ3n) is 4.74. The number of ether oxygens (including phenoxy) is 2. The number of anilines is 3. The molecular formula is C23H39Cl3N12O4. The number of halogens is 3. The topological polar surface area (TPSA) is 227 Å². The van der Waals surface area contributed by atoms with E-state index in [2.05, 4.69) is 35.7 Å². The maximum Gasteiger partial charge on any atom is 0.410 e. The lowest BCUT2D eigenvalue weighted by Gasteiger charge is -2.39. The predicted octanol–water partition coefficient (Wildman–Crippen LogP) is 3.10. The van der Waals surface area contributed by atoms with Crippen LogP contribution in [-0.4, -0.2) is 102 Å². The Bertz CT molecular complexity index is 1200. The Balaban J connectivity index is 0.000000342. The Labute approximate surface area is 260 Å². The van der Waals surface area contributed by atoms with E-state index < -0.39 is 11.2 Å². The summed E-state index contributed by atoms with van der Waals surface area (Å²) < 4.78 is 10.4. The molecule has 2 fully saturated rings. The summed E-state index contributed by atoms with van der Waals surface area (Å²) in [4.78, 5) is 33.6. The molecule has 0 aromatic carbocycles. The molecular weight excluding hydrogens is 615 g/mol. The molecule has 0 radical (unpaired) electrons. The molecule has 0 bridgehead atoms. The lowest BCUT2D eigenvalue weighted by molar-refractivity contribution is 0.00845. The molecule has 4 heterocycles. The molecule has 2 aromatic heterocycles. The fraction of sp³-hybridized carbons (Fsp3) is 0.652. The molecule has 2 aromatic rings. The second-order valence-corrected chi connectivity index (χ2v) is 12.0. The Morgan fingerprint density at radius 1 is 0.786 bits per heavy atom. The molecule has 4 rings (SSSR count). The van der Waals surface area contributed by atoms with Gasteiger partial charge in [0.05, 0.1) is 6.04 Å². The minimum absolute atomic E-state index is 0. The van der Waals surface area contributed by atoms with Crippen LogP contribution in [0.15, 0.2) is 0 Å².